The van der Waals surface area contributed by atoms with E-state index in [0.717, 1.165) is 15.6 Å². The maximum Gasteiger partial charge on any atom is 0.241 e. The molecule has 1 unspecified atom stereocenters. The molecule has 0 radical (unpaired) electrons. The van der Waals surface area contributed by atoms with Crippen LogP contribution in [0.3, 0.4) is 0 Å². The molecular formula is C12H15BrN2O. The standard InChI is InChI=1S/C12H15BrN2O/c1-8-3-5-10(6-4-8)11(14)12(16)15-7-9(2)13/h3-6,11H,2,7,14H2,1H3,(H,15,16). The van der Waals surface area contributed by atoms with Crippen LogP contribution in [0.25, 0.3) is 0 Å². The van der Waals surface area contributed by atoms with Gasteiger partial charge in [-0.3, -0.25) is 4.79 Å². The molecule has 0 saturated carbocycles. The van der Waals surface area contributed by atoms with Crippen molar-refractivity contribution >= 4 is 21.8 Å². The van der Waals surface area contributed by atoms with Gasteiger partial charge in [-0.05, 0) is 12.5 Å². The van der Waals surface area contributed by atoms with Gasteiger partial charge < -0.3 is 11.1 Å². The summed E-state index contributed by atoms with van der Waals surface area (Å²) in [6.07, 6.45) is 0. The highest BCUT2D eigenvalue weighted by molar-refractivity contribution is 9.11. The molecule has 1 rings (SSSR count). The Hall–Kier alpha value is -1.13. The Morgan fingerprint density at radius 3 is 2.56 bits per heavy atom. The largest absolute Gasteiger partial charge is 0.350 e. The zero-order chi connectivity index (χ0) is 12.1. The molecule has 0 saturated heterocycles. The van der Waals surface area contributed by atoms with Crippen LogP contribution in [-0.2, 0) is 4.79 Å². The Morgan fingerprint density at radius 1 is 1.50 bits per heavy atom. The number of aryl methyl sites for hydroxylation is 1. The molecule has 86 valence electrons. The molecule has 0 fully saturated rings. The summed E-state index contributed by atoms with van der Waals surface area (Å²) in [5, 5.41) is 2.68. The second-order valence-electron chi connectivity index (χ2n) is 3.62. The maximum absolute atomic E-state index is 11.6. The third kappa shape index (κ3) is 3.79. The number of halogens is 1. The van der Waals surface area contributed by atoms with E-state index in [9.17, 15) is 4.79 Å². The zero-order valence-corrected chi connectivity index (χ0v) is 10.8. The van der Waals surface area contributed by atoms with Gasteiger partial charge in [-0.2, -0.15) is 0 Å². The van der Waals surface area contributed by atoms with E-state index in [-0.39, 0.29) is 5.91 Å². The van der Waals surface area contributed by atoms with E-state index in [2.05, 4.69) is 27.8 Å². The van der Waals surface area contributed by atoms with Crippen molar-refractivity contribution in [3.8, 4) is 0 Å². The Morgan fingerprint density at radius 2 is 2.06 bits per heavy atom. The number of hydrogen-bond donors (Lipinski definition) is 2. The van der Waals surface area contributed by atoms with Gasteiger partial charge in [0.25, 0.3) is 0 Å². The molecule has 1 atom stereocenters. The quantitative estimate of drug-likeness (QED) is 0.888. The predicted molar refractivity (Wildman–Crippen MR) is 69.2 cm³/mol. The minimum absolute atomic E-state index is 0.204. The van der Waals surface area contributed by atoms with Gasteiger partial charge in [0.15, 0.2) is 0 Å². The van der Waals surface area contributed by atoms with E-state index < -0.39 is 6.04 Å². The molecule has 0 aliphatic heterocycles. The molecule has 3 N–H and O–H groups in total. The van der Waals surface area contributed by atoms with E-state index in [1.165, 1.54) is 0 Å². The number of hydrogen-bond acceptors (Lipinski definition) is 2. The lowest BCUT2D eigenvalue weighted by molar-refractivity contribution is -0.122. The van der Waals surface area contributed by atoms with Crippen molar-refractivity contribution < 1.29 is 4.79 Å². The second-order valence-corrected chi connectivity index (χ2v) is 4.74. The molecule has 3 nitrogen and oxygen atoms in total. The summed E-state index contributed by atoms with van der Waals surface area (Å²) in [6, 6.07) is 6.97. The summed E-state index contributed by atoms with van der Waals surface area (Å²) < 4.78 is 0.719. The summed E-state index contributed by atoms with van der Waals surface area (Å²) in [5.41, 5.74) is 7.77. The first-order chi connectivity index (χ1) is 7.50. The number of carbonyl (C=O) groups is 1. The summed E-state index contributed by atoms with van der Waals surface area (Å²) in [5.74, 6) is -0.204. The van der Waals surface area contributed by atoms with Crippen molar-refractivity contribution in [1.29, 1.82) is 0 Å². The zero-order valence-electron chi connectivity index (χ0n) is 9.16. The molecule has 1 aromatic carbocycles. The van der Waals surface area contributed by atoms with Crippen LogP contribution in [0, 0.1) is 6.92 Å². The van der Waals surface area contributed by atoms with E-state index in [1.807, 2.05) is 31.2 Å². The van der Waals surface area contributed by atoms with Crippen molar-refractivity contribution in [1.82, 2.24) is 5.32 Å². The fourth-order valence-corrected chi connectivity index (χ4v) is 1.36. The molecule has 0 bridgehead atoms. The minimum Gasteiger partial charge on any atom is -0.350 e. The molecular weight excluding hydrogens is 268 g/mol. The summed E-state index contributed by atoms with van der Waals surface area (Å²) in [6.45, 7) is 6.01. The second kappa shape index (κ2) is 5.82. The molecule has 0 aromatic heterocycles. The maximum atomic E-state index is 11.6. The van der Waals surface area contributed by atoms with Gasteiger partial charge in [-0.25, -0.2) is 0 Å². The molecule has 0 aliphatic rings. The monoisotopic (exact) mass is 282 g/mol. The van der Waals surface area contributed by atoms with Crippen molar-refractivity contribution in [2.45, 2.75) is 13.0 Å². The van der Waals surface area contributed by atoms with Crippen LogP contribution in [0.1, 0.15) is 17.2 Å². The first kappa shape index (κ1) is 12.9. The molecule has 1 amide bonds. The van der Waals surface area contributed by atoms with Crippen molar-refractivity contribution in [2.24, 2.45) is 5.73 Å². The smallest absolute Gasteiger partial charge is 0.241 e. The van der Waals surface area contributed by atoms with Gasteiger partial charge >= 0.3 is 0 Å². The lowest BCUT2D eigenvalue weighted by Gasteiger charge is -2.12. The average Bonchev–Trinajstić information content (AvgIpc) is 2.26. The van der Waals surface area contributed by atoms with Crippen molar-refractivity contribution in [2.75, 3.05) is 6.54 Å². The molecule has 16 heavy (non-hydrogen) atoms. The minimum atomic E-state index is -0.632. The summed E-state index contributed by atoms with van der Waals surface area (Å²) >= 11 is 3.17. The topological polar surface area (TPSA) is 55.1 Å². The lowest BCUT2D eigenvalue weighted by Crippen LogP contribution is -2.34. The van der Waals surface area contributed by atoms with E-state index in [4.69, 9.17) is 5.73 Å². The molecule has 0 spiro atoms. The van der Waals surface area contributed by atoms with Crippen LogP contribution < -0.4 is 11.1 Å². The highest BCUT2D eigenvalue weighted by Gasteiger charge is 2.14. The fraction of sp³-hybridized carbons (Fsp3) is 0.250. The molecule has 1 aromatic rings. The Kier molecular flexibility index (Phi) is 4.71. The number of carbonyl (C=O) groups excluding carboxylic acids is 1. The highest BCUT2D eigenvalue weighted by Crippen LogP contribution is 2.11. The van der Waals surface area contributed by atoms with Crippen LogP contribution in [0.2, 0.25) is 0 Å². The fourth-order valence-electron chi connectivity index (χ4n) is 1.22. The van der Waals surface area contributed by atoms with Crippen LogP contribution in [0.4, 0.5) is 0 Å². The molecule has 0 aliphatic carbocycles. The third-order valence-corrected chi connectivity index (χ3v) is 2.45. The highest BCUT2D eigenvalue weighted by atomic mass is 79.9. The van der Waals surface area contributed by atoms with Gasteiger partial charge in [0, 0.05) is 11.0 Å². The van der Waals surface area contributed by atoms with Crippen LogP contribution in [0.15, 0.2) is 35.3 Å². The summed E-state index contributed by atoms with van der Waals surface area (Å²) in [7, 11) is 0. The normalized spacial score (nSPS) is 11.9. The van der Waals surface area contributed by atoms with E-state index >= 15 is 0 Å². The summed E-state index contributed by atoms with van der Waals surface area (Å²) in [4.78, 5) is 11.6. The van der Waals surface area contributed by atoms with Gasteiger partial charge in [-0.1, -0.05) is 52.3 Å². The number of amides is 1. The van der Waals surface area contributed by atoms with Gasteiger partial charge in [0.1, 0.15) is 6.04 Å². The SMILES string of the molecule is C=C(Br)CNC(=O)C(N)c1ccc(C)cc1. The first-order valence-electron chi connectivity index (χ1n) is 4.94. The predicted octanol–water partition coefficient (Wildman–Crippen LogP) is 2.02. The van der Waals surface area contributed by atoms with Crippen LogP contribution in [0.5, 0.6) is 0 Å². The van der Waals surface area contributed by atoms with Gasteiger partial charge in [-0.15, -0.1) is 0 Å². The average molecular weight is 283 g/mol. The first-order valence-corrected chi connectivity index (χ1v) is 5.73. The van der Waals surface area contributed by atoms with Gasteiger partial charge in [0.2, 0.25) is 5.91 Å². The third-order valence-electron chi connectivity index (χ3n) is 2.17. The lowest BCUT2D eigenvalue weighted by atomic mass is 10.1. The molecule has 4 heteroatoms. The van der Waals surface area contributed by atoms with E-state index in [0.29, 0.717) is 6.54 Å². The van der Waals surface area contributed by atoms with Crippen LogP contribution >= 0.6 is 15.9 Å². The van der Waals surface area contributed by atoms with Gasteiger partial charge in [0.05, 0.1) is 0 Å². The van der Waals surface area contributed by atoms with Crippen molar-refractivity contribution in [3.05, 3.63) is 46.5 Å². The number of rotatable bonds is 4. The van der Waals surface area contributed by atoms with Crippen molar-refractivity contribution in [3.63, 3.8) is 0 Å². The number of nitrogens with one attached hydrogen (secondary N) is 1. The number of benzene rings is 1. The Balaban J connectivity index is 2.63. The Labute approximate surface area is 104 Å². The van der Waals surface area contributed by atoms with E-state index in [1.54, 1.807) is 0 Å². The number of nitrogens with two attached hydrogens (primary N) is 1. The van der Waals surface area contributed by atoms with Crippen LogP contribution in [-0.4, -0.2) is 12.5 Å². The Bertz CT molecular complexity index is 387. The molecule has 0 heterocycles.